The van der Waals surface area contributed by atoms with Crippen LogP contribution in [0.25, 0.3) is 0 Å². The second kappa shape index (κ2) is 33.4. The third kappa shape index (κ3) is 18.8. The molecular formula is C84H123Cl2FO12S3. The number of aliphatic hydroxyl groups is 6. The first-order valence-electron chi connectivity index (χ1n) is 37.3. The third-order valence-electron chi connectivity index (χ3n) is 24.3. The van der Waals surface area contributed by atoms with Crippen LogP contribution in [-0.2, 0) is 29.5 Å². The van der Waals surface area contributed by atoms with Crippen LogP contribution in [0.1, 0.15) is 239 Å². The summed E-state index contributed by atoms with van der Waals surface area (Å²) in [5, 5.41) is 59.5. The van der Waals surface area contributed by atoms with Gasteiger partial charge in [0, 0.05) is 19.3 Å². The third-order valence-corrected chi connectivity index (χ3v) is 32.7. The molecule has 0 aliphatic heterocycles. The first-order chi connectivity index (χ1) is 47.0. The van der Waals surface area contributed by atoms with E-state index in [1.807, 2.05) is 6.08 Å². The standard InChI is InChI=1S/2C28H41ClO4S.C28H41FO4S/c3*1-18(9-14-26(29)34(32,33)27(3,4)5)23-12-13-24-20(8-7-15-28(23,24)6)10-11-21-16-22(30)17-25(31)19(21)2/h3*10-12,14,18,22,24-25,30-31H,2,7-9,13,15-17H2,1,3-6H3/b3*20-10+,21-11-,26-14-/t18-,22+,24+,25-,28-;2*18-,22-,24+,25+,28-/m111/s1. The molecule has 6 fully saturated rings. The lowest BCUT2D eigenvalue weighted by molar-refractivity contribution is 0.0856. The molecule has 570 valence electrons. The van der Waals surface area contributed by atoms with Gasteiger partial charge < -0.3 is 30.6 Å². The molecule has 0 saturated heterocycles. The molecule has 0 unspecified atom stereocenters. The Hall–Kier alpha value is -3.78. The van der Waals surface area contributed by atoms with Crippen molar-refractivity contribution in [3.05, 3.63) is 173 Å². The van der Waals surface area contributed by atoms with Crippen molar-refractivity contribution in [3.63, 3.8) is 0 Å². The van der Waals surface area contributed by atoms with E-state index in [0.717, 1.165) is 93.8 Å². The van der Waals surface area contributed by atoms with E-state index >= 15 is 0 Å². The molecule has 0 spiro atoms. The highest BCUT2D eigenvalue weighted by molar-refractivity contribution is 7.98. The van der Waals surface area contributed by atoms with Gasteiger partial charge in [0.2, 0.25) is 15.0 Å². The number of halogens is 3. The zero-order valence-corrected chi connectivity index (χ0v) is 67.8. The molecule has 0 aromatic heterocycles. The molecular weight excluding hydrogens is 1390 g/mol. The molecule has 12 nitrogen and oxygen atoms in total. The van der Waals surface area contributed by atoms with Gasteiger partial charge in [-0.15, -0.1) is 0 Å². The SMILES string of the molecule is C=C1/C(=C\C=C2/CCC[C@]3(C)C([C@H](C)C/C=C(/Cl)S(=O)(=O)C(C)(C)C)=CC[C@@H]23)C[C@@H](O)C[C@@H]1O.C=C1/C(=C\C=C2/CCC[C@]3(C)C([C@H](C)C/C=C(/Cl)S(=O)(=O)C(C)(C)C)=CC[C@@H]23)C[C@H](O)C[C@H]1O.C=C1/C(=C\C=C2/CCC[C@]3(C)C([C@H](C)C/C=C(/F)S(=O)(=O)C(C)(C)C)=CC[C@@H]23)C[C@@H](O)C[C@@H]1O. The monoisotopic (exact) mass is 1510 g/mol. The summed E-state index contributed by atoms with van der Waals surface area (Å²) in [6.07, 6.45) is 37.4. The average molecular weight is 1510 g/mol. The van der Waals surface area contributed by atoms with Gasteiger partial charge in [0.15, 0.2) is 19.7 Å². The van der Waals surface area contributed by atoms with Crippen molar-refractivity contribution >= 4 is 52.7 Å². The molecule has 9 rings (SSSR count). The molecule has 0 radical (unpaired) electrons. The van der Waals surface area contributed by atoms with Crippen LogP contribution in [0, 0.1) is 51.8 Å². The highest BCUT2D eigenvalue weighted by Crippen LogP contribution is 2.60. The number of sulfone groups is 3. The smallest absolute Gasteiger partial charge is 0.211 e. The topological polar surface area (TPSA) is 224 Å². The van der Waals surface area contributed by atoms with Crippen molar-refractivity contribution in [1.82, 2.24) is 0 Å². The molecule has 9 aliphatic rings. The number of aliphatic hydroxyl groups excluding tert-OH is 6. The van der Waals surface area contributed by atoms with Gasteiger partial charge in [-0.2, -0.15) is 4.39 Å². The number of fused-ring (bicyclic) bond motifs is 3. The predicted molar refractivity (Wildman–Crippen MR) is 419 cm³/mol. The molecule has 15 atom stereocenters. The molecule has 0 bridgehead atoms. The molecule has 6 N–H and O–H groups in total. The van der Waals surface area contributed by atoms with E-state index in [4.69, 9.17) is 23.2 Å². The van der Waals surface area contributed by atoms with Crippen LogP contribution >= 0.6 is 23.2 Å². The van der Waals surface area contributed by atoms with E-state index in [-0.39, 0.29) is 42.7 Å². The Bertz CT molecular complexity index is 3520. The summed E-state index contributed by atoms with van der Waals surface area (Å²) < 4.78 is 86.7. The summed E-state index contributed by atoms with van der Waals surface area (Å²) in [7, 11) is -11.0. The molecule has 6 saturated carbocycles. The molecule has 0 amide bonds. The van der Waals surface area contributed by atoms with Gasteiger partial charge in [0.05, 0.1) is 50.9 Å². The summed E-state index contributed by atoms with van der Waals surface area (Å²) >= 11 is 12.5. The van der Waals surface area contributed by atoms with Gasteiger partial charge in [-0.1, -0.05) is 185 Å². The second-order valence-electron chi connectivity index (χ2n) is 34.6. The van der Waals surface area contributed by atoms with Gasteiger partial charge in [-0.3, -0.25) is 0 Å². The van der Waals surface area contributed by atoms with E-state index in [9.17, 15) is 60.3 Å². The fourth-order valence-corrected chi connectivity index (χ4v) is 21.9. The van der Waals surface area contributed by atoms with Crippen LogP contribution in [0.3, 0.4) is 0 Å². The Kier molecular flexibility index (Phi) is 28.0. The lowest BCUT2D eigenvalue weighted by Gasteiger charge is -2.42. The zero-order chi connectivity index (χ0) is 76.4. The first-order valence-corrected chi connectivity index (χ1v) is 42.5. The number of allylic oxidation sites excluding steroid dienone is 18. The predicted octanol–water partition coefficient (Wildman–Crippen LogP) is 18.8. The Morgan fingerprint density at radius 2 is 0.725 bits per heavy atom. The largest absolute Gasteiger partial charge is 0.393 e. The van der Waals surface area contributed by atoms with Crippen molar-refractivity contribution in [1.29, 1.82) is 0 Å². The van der Waals surface area contributed by atoms with E-state index in [1.165, 1.54) is 60.3 Å². The number of hydrogen-bond acceptors (Lipinski definition) is 12. The molecule has 9 aliphatic carbocycles. The minimum Gasteiger partial charge on any atom is -0.393 e. The van der Waals surface area contributed by atoms with Crippen LogP contribution in [0.15, 0.2) is 173 Å². The van der Waals surface area contributed by atoms with E-state index in [0.29, 0.717) is 92.3 Å². The lowest BCUT2D eigenvalue weighted by atomic mass is 9.62. The zero-order valence-electron chi connectivity index (χ0n) is 63.8. The summed E-state index contributed by atoms with van der Waals surface area (Å²) in [5.41, 5.74) is 13.2. The van der Waals surface area contributed by atoms with Gasteiger partial charge >= 0.3 is 0 Å². The Balaban J connectivity index is 0.000000214. The van der Waals surface area contributed by atoms with Crippen LogP contribution in [0.4, 0.5) is 4.39 Å². The molecule has 0 aromatic rings. The Labute approximate surface area is 623 Å². The molecule has 0 aromatic carbocycles. The maximum Gasteiger partial charge on any atom is 0.211 e. The van der Waals surface area contributed by atoms with Crippen LogP contribution in [-0.4, -0.2) is 107 Å². The van der Waals surface area contributed by atoms with Crippen LogP contribution < -0.4 is 0 Å². The maximum atomic E-state index is 14.6. The summed E-state index contributed by atoms with van der Waals surface area (Å²) in [4.78, 5) is 0. The van der Waals surface area contributed by atoms with Crippen molar-refractivity contribution in [2.45, 2.75) is 290 Å². The fourth-order valence-electron chi connectivity index (χ4n) is 17.6. The molecule has 0 heterocycles. The minimum atomic E-state index is -3.96. The van der Waals surface area contributed by atoms with Gasteiger partial charge in [-0.05, 0) is 269 Å². The van der Waals surface area contributed by atoms with Gasteiger partial charge in [0.25, 0.3) is 0 Å². The highest BCUT2D eigenvalue weighted by Gasteiger charge is 2.49. The van der Waals surface area contributed by atoms with E-state index in [2.05, 4.69) is 110 Å². The van der Waals surface area contributed by atoms with Crippen molar-refractivity contribution in [3.8, 4) is 0 Å². The normalized spacial score (nSPS) is 34.4. The second-order valence-corrected chi connectivity index (χ2v) is 43.9. The summed E-state index contributed by atoms with van der Waals surface area (Å²) in [6.45, 7) is 40.0. The molecule has 18 heteroatoms. The van der Waals surface area contributed by atoms with Gasteiger partial charge in [0.1, 0.15) is 8.73 Å². The van der Waals surface area contributed by atoms with Gasteiger partial charge in [-0.25, -0.2) is 25.3 Å². The van der Waals surface area contributed by atoms with E-state index < -0.39 is 85.5 Å². The van der Waals surface area contributed by atoms with Crippen molar-refractivity contribution in [2.24, 2.45) is 51.8 Å². The van der Waals surface area contributed by atoms with Crippen molar-refractivity contribution < 1.29 is 60.3 Å². The van der Waals surface area contributed by atoms with Crippen LogP contribution in [0.5, 0.6) is 0 Å². The molecule has 102 heavy (non-hydrogen) atoms. The number of rotatable bonds is 15. The minimum absolute atomic E-state index is 0.0299. The van der Waals surface area contributed by atoms with E-state index in [1.54, 1.807) is 53.7 Å². The Morgan fingerprint density at radius 3 is 0.980 bits per heavy atom. The summed E-state index contributed by atoms with van der Waals surface area (Å²) in [5.74, 6) is 1.66. The first kappa shape index (κ1) is 85.5. The Morgan fingerprint density at radius 1 is 0.471 bits per heavy atom. The quantitative estimate of drug-likeness (QED) is 0.0843. The highest BCUT2D eigenvalue weighted by atomic mass is 35.5. The summed E-state index contributed by atoms with van der Waals surface area (Å²) in [6, 6.07) is 0. The van der Waals surface area contributed by atoms with Crippen LogP contribution in [0.2, 0.25) is 0 Å². The fraction of sp³-hybridized carbons (Fsp3) is 0.643. The number of hydrogen-bond donors (Lipinski definition) is 6. The lowest BCUT2D eigenvalue weighted by Crippen LogP contribution is -2.32. The maximum absolute atomic E-state index is 14.6. The average Bonchev–Trinajstić information content (AvgIpc) is 1.61. The van der Waals surface area contributed by atoms with Crippen molar-refractivity contribution in [2.75, 3.05) is 0 Å².